The Bertz CT molecular complexity index is 964. The predicted octanol–water partition coefficient (Wildman–Crippen LogP) is 12.2. The van der Waals surface area contributed by atoms with Crippen LogP contribution < -0.4 is 0 Å². The van der Waals surface area contributed by atoms with Crippen LogP contribution in [0, 0.1) is 0 Å². The lowest BCUT2D eigenvalue weighted by atomic mass is 10.0. The van der Waals surface area contributed by atoms with Crippen molar-refractivity contribution < 1.29 is 28.9 Å². The van der Waals surface area contributed by atoms with Crippen molar-refractivity contribution in [3.63, 3.8) is 0 Å². The third-order valence-electron chi connectivity index (χ3n) is 9.24. The van der Waals surface area contributed by atoms with E-state index < -0.39 is 6.10 Å². The molecule has 3 atom stereocenters. The van der Waals surface area contributed by atoms with E-state index in [0.29, 0.717) is 25.0 Å². The second-order valence-electron chi connectivity index (χ2n) is 14.1. The molecule has 0 radical (unpaired) electrons. The summed E-state index contributed by atoms with van der Waals surface area (Å²) in [7, 11) is 0. The average Bonchev–Trinajstić information content (AvgIpc) is 3.89. The van der Waals surface area contributed by atoms with Crippen molar-refractivity contribution in [2.24, 2.45) is 0 Å². The molecule has 0 bridgehead atoms. The number of epoxide rings is 1. The van der Waals surface area contributed by atoms with Crippen molar-refractivity contribution >= 4 is 11.9 Å². The first-order valence-corrected chi connectivity index (χ1v) is 21.0. The monoisotopic (exact) mass is 713 g/mol. The molecule has 0 aliphatic carbocycles. The fraction of sp³-hybridized carbons (Fsp3) is 0.733. The highest BCUT2D eigenvalue weighted by Gasteiger charge is 2.35. The summed E-state index contributed by atoms with van der Waals surface area (Å²) in [6.07, 6.45) is 50.5. The molecule has 1 fully saturated rings. The van der Waals surface area contributed by atoms with Crippen LogP contribution in [0.5, 0.6) is 0 Å². The van der Waals surface area contributed by atoms with Crippen LogP contribution in [0.1, 0.15) is 181 Å². The van der Waals surface area contributed by atoms with Gasteiger partial charge in [-0.25, -0.2) is 0 Å². The van der Waals surface area contributed by atoms with E-state index in [0.717, 1.165) is 57.8 Å². The van der Waals surface area contributed by atoms with Gasteiger partial charge in [-0.3, -0.25) is 9.59 Å². The first kappa shape index (κ1) is 46.6. The van der Waals surface area contributed by atoms with Gasteiger partial charge in [0.1, 0.15) is 6.61 Å². The number of carbonyl (C=O) groups is 2. The van der Waals surface area contributed by atoms with Crippen molar-refractivity contribution in [3.05, 3.63) is 60.8 Å². The van der Waals surface area contributed by atoms with Gasteiger partial charge in [0.25, 0.3) is 0 Å². The number of rotatable bonds is 36. The van der Waals surface area contributed by atoms with Crippen LogP contribution in [0.3, 0.4) is 0 Å². The number of ether oxygens (including phenoxy) is 3. The van der Waals surface area contributed by atoms with Crippen LogP contribution in [0.2, 0.25) is 0 Å². The largest absolute Gasteiger partial charge is 0.462 e. The maximum Gasteiger partial charge on any atom is 0.306 e. The molecular formula is C45H76O6. The van der Waals surface area contributed by atoms with Gasteiger partial charge in [-0.15, -0.1) is 0 Å². The highest BCUT2D eigenvalue weighted by molar-refractivity contribution is 5.70. The van der Waals surface area contributed by atoms with Crippen LogP contribution >= 0.6 is 0 Å². The quantitative estimate of drug-likeness (QED) is 0.0301. The zero-order valence-corrected chi connectivity index (χ0v) is 32.8. The summed E-state index contributed by atoms with van der Waals surface area (Å²) in [5.41, 5.74) is 0. The Morgan fingerprint density at radius 2 is 1.02 bits per heavy atom. The Morgan fingerprint density at radius 3 is 1.51 bits per heavy atom. The number of aliphatic hydroxyl groups is 1. The molecule has 0 spiro atoms. The minimum atomic E-state index is -0.805. The standard InChI is InChI=1S/C45H76O6/c1-3-5-7-8-9-10-11-12-13-14-15-16-21-24-27-30-34-38-45(48)50-41(39-46)40-49-44(47)37-33-29-26-23-20-18-17-19-22-25-28-32-36-43-42(51-43)35-31-6-4-2/h6,18-20,22,26,28-29,31-32,41-43,46H,3-5,7-17,21,23-25,27,30,33-40H2,1-2H3/b20-18-,22-19-,29-26-,31-6-,32-28-/t41-,42?,43?/m0/s1. The predicted molar refractivity (Wildman–Crippen MR) is 214 cm³/mol. The maximum absolute atomic E-state index is 12.2. The van der Waals surface area contributed by atoms with Crippen LogP contribution in [0.15, 0.2) is 60.8 Å². The molecule has 1 aliphatic rings. The van der Waals surface area contributed by atoms with E-state index in [9.17, 15) is 14.7 Å². The van der Waals surface area contributed by atoms with Crippen LogP contribution in [-0.2, 0) is 23.8 Å². The summed E-state index contributed by atoms with van der Waals surface area (Å²) >= 11 is 0. The van der Waals surface area contributed by atoms with E-state index in [2.05, 4.69) is 62.5 Å². The molecule has 1 N–H and O–H groups in total. The number of hydrogen-bond donors (Lipinski definition) is 1. The lowest BCUT2D eigenvalue weighted by Crippen LogP contribution is -2.28. The van der Waals surface area contributed by atoms with E-state index in [1.54, 1.807) is 0 Å². The minimum absolute atomic E-state index is 0.109. The molecule has 1 saturated heterocycles. The fourth-order valence-electron chi connectivity index (χ4n) is 5.97. The van der Waals surface area contributed by atoms with Gasteiger partial charge < -0.3 is 19.3 Å². The smallest absolute Gasteiger partial charge is 0.306 e. The minimum Gasteiger partial charge on any atom is -0.462 e. The third kappa shape index (κ3) is 32.0. The van der Waals surface area contributed by atoms with Crippen molar-refractivity contribution in [1.82, 2.24) is 0 Å². The SMILES string of the molecule is CC/C=C\CC1OC1C/C=C\C/C=C\C/C=C\C/C=C\CCC(=O)OC[C@H](CO)OC(=O)CCCCCCCCCCCCCCCCCCC. The number of allylic oxidation sites excluding steroid dienone is 8. The Kier molecular flexibility index (Phi) is 32.8. The second-order valence-corrected chi connectivity index (χ2v) is 14.1. The number of carbonyl (C=O) groups excluding carboxylic acids is 2. The molecule has 6 heteroatoms. The van der Waals surface area contributed by atoms with E-state index in [4.69, 9.17) is 14.2 Å². The summed E-state index contributed by atoms with van der Waals surface area (Å²) in [4.78, 5) is 24.3. The summed E-state index contributed by atoms with van der Waals surface area (Å²) in [5.74, 6) is -0.691. The lowest BCUT2D eigenvalue weighted by Gasteiger charge is -2.15. The van der Waals surface area contributed by atoms with Crippen molar-refractivity contribution in [3.8, 4) is 0 Å². The molecule has 292 valence electrons. The normalized spacial score (nSPS) is 16.8. The first-order valence-electron chi connectivity index (χ1n) is 21.0. The lowest BCUT2D eigenvalue weighted by molar-refractivity contribution is -0.161. The molecule has 1 rings (SSSR count). The highest BCUT2D eigenvalue weighted by Crippen LogP contribution is 2.29. The molecule has 6 nitrogen and oxygen atoms in total. The van der Waals surface area contributed by atoms with E-state index >= 15 is 0 Å². The van der Waals surface area contributed by atoms with Gasteiger partial charge in [0, 0.05) is 12.8 Å². The Balaban J connectivity index is 1.91. The number of hydrogen-bond acceptors (Lipinski definition) is 6. The molecule has 0 amide bonds. The zero-order valence-electron chi connectivity index (χ0n) is 32.8. The molecule has 0 saturated carbocycles. The van der Waals surface area contributed by atoms with Gasteiger partial charge in [0.15, 0.2) is 6.10 Å². The topological polar surface area (TPSA) is 85.4 Å². The van der Waals surface area contributed by atoms with Gasteiger partial charge in [0.2, 0.25) is 0 Å². The number of unbranched alkanes of at least 4 members (excludes halogenated alkanes) is 16. The van der Waals surface area contributed by atoms with Gasteiger partial charge in [-0.05, 0) is 51.4 Å². The third-order valence-corrected chi connectivity index (χ3v) is 9.24. The molecule has 0 aromatic carbocycles. The molecular weight excluding hydrogens is 636 g/mol. The van der Waals surface area contributed by atoms with Crippen molar-refractivity contribution in [2.75, 3.05) is 13.2 Å². The number of aliphatic hydroxyl groups excluding tert-OH is 1. The molecule has 2 unspecified atom stereocenters. The second kappa shape index (κ2) is 35.9. The maximum atomic E-state index is 12.2. The summed E-state index contributed by atoms with van der Waals surface area (Å²) in [6.45, 7) is 3.96. The van der Waals surface area contributed by atoms with Crippen molar-refractivity contribution in [2.45, 2.75) is 199 Å². The molecule has 0 aromatic heterocycles. The van der Waals surface area contributed by atoms with E-state index in [1.807, 2.05) is 12.2 Å². The van der Waals surface area contributed by atoms with Crippen LogP contribution in [0.25, 0.3) is 0 Å². The van der Waals surface area contributed by atoms with Gasteiger partial charge in [-0.1, -0.05) is 177 Å². The highest BCUT2D eigenvalue weighted by atomic mass is 16.6. The Hall–Kier alpha value is -2.44. The molecule has 1 heterocycles. The zero-order chi connectivity index (χ0) is 36.9. The molecule has 0 aromatic rings. The first-order chi connectivity index (χ1) is 25.1. The van der Waals surface area contributed by atoms with Gasteiger partial charge in [0.05, 0.1) is 18.8 Å². The van der Waals surface area contributed by atoms with Gasteiger partial charge >= 0.3 is 11.9 Å². The Morgan fingerprint density at radius 1 is 0.569 bits per heavy atom. The van der Waals surface area contributed by atoms with Crippen LogP contribution in [0.4, 0.5) is 0 Å². The number of esters is 2. The summed E-state index contributed by atoms with van der Waals surface area (Å²) < 4.78 is 16.2. The molecule has 51 heavy (non-hydrogen) atoms. The summed E-state index contributed by atoms with van der Waals surface area (Å²) in [5, 5.41) is 9.56. The summed E-state index contributed by atoms with van der Waals surface area (Å²) in [6, 6.07) is 0. The van der Waals surface area contributed by atoms with Crippen LogP contribution in [-0.4, -0.2) is 48.6 Å². The fourth-order valence-corrected chi connectivity index (χ4v) is 5.97. The van der Waals surface area contributed by atoms with E-state index in [1.165, 1.54) is 89.9 Å². The average molecular weight is 713 g/mol. The Labute approximate surface area is 313 Å². The van der Waals surface area contributed by atoms with Gasteiger partial charge in [-0.2, -0.15) is 0 Å². The van der Waals surface area contributed by atoms with Crippen molar-refractivity contribution in [1.29, 1.82) is 0 Å². The molecule has 1 aliphatic heterocycles. The van der Waals surface area contributed by atoms with E-state index in [-0.39, 0.29) is 31.6 Å².